The van der Waals surface area contributed by atoms with Crippen molar-refractivity contribution < 1.29 is 14.4 Å². The molecular formula is C17H23N3O3S. The fourth-order valence-electron chi connectivity index (χ4n) is 3.62. The van der Waals surface area contributed by atoms with Crippen LogP contribution < -0.4 is 10.6 Å². The quantitative estimate of drug-likeness (QED) is 0.797. The van der Waals surface area contributed by atoms with E-state index in [4.69, 9.17) is 0 Å². The Bertz CT molecular complexity index is 631. The van der Waals surface area contributed by atoms with Crippen LogP contribution >= 0.6 is 11.3 Å². The molecule has 1 spiro atoms. The van der Waals surface area contributed by atoms with Crippen molar-refractivity contribution in [2.75, 3.05) is 13.1 Å². The lowest BCUT2D eigenvalue weighted by Crippen LogP contribution is -2.54. The first-order valence-corrected chi connectivity index (χ1v) is 9.34. The highest BCUT2D eigenvalue weighted by atomic mass is 32.1. The van der Waals surface area contributed by atoms with E-state index in [-0.39, 0.29) is 24.3 Å². The summed E-state index contributed by atoms with van der Waals surface area (Å²) in [7, 11) is 0. The van der Waals surface area contributed by atoms with E-state index in [1.807, 2.05) is 24.4 Å². The summed E-state index contributed by atoms with van der Waals surface area (Å²) >= 11 is 1.64. The fraction of sp³-hybridized carbons (Fsp3) is 0.588. The summed E-state index contributed by atoms with van der Waals surface area (Å²) in [6.45, 7) is 2.30. The molecule has 1 aromatic rings. The molecule has 1 aromatic heterocycles. The van der Waals surface area contributed by atoms with Crippen molar-refractivity contribution in [3.63, 3.8) is 0 Å². The monoisotopic (exact) mass is 349 g/mol. The van der Waals surface area contributed by atoms with Gasteiger partial charge >= 0.3 is 6.03 Å². The van der Waals surface area contributed by atoms with Crippen LogP contribution in [0.1, 0.15) is 37.5 Å². The number of hydrogen-bond donors (Lipinski definition) is 2. The van der Waals surface area contributed by atoms with E-state index in [1.54, 1.807) is 11.3 Å². The zero-order valence-corrected chi connectivity index (χ0v) is 14.7. The van der Waals surface area contributed by atoms with Crippen molar-refractivity contribution in [3.8, 4) is 0 Å². The third-order valence-corrected chi connectivity index (χ3v) is 6.01. The van der Waals surface area contributed by atoms with Crippen LogP contribution in [0.15, 0.2) is 17.5 Å². The smallest absolute Gasteiger partial charge is 0.325 e. The molecule has 130 valence electrons. The average Bonchev–Trinajstić information content (AvgIpc) is 3.14. The molecule has 2 fully saturated rings. The SMILES string of the molecule is C[C@H]1CCCC[C@]12NC(=O)N(CC(=O)NCCc1cccs1)C2=O. The number of thiophene rings is 1. The molecular weight excluding hydrogens is 326 g/mol. The Morgan fingerprint density at radius 3 is 3.00 bits per heavy atom. The van der Waals surface area contributed by atoms with Gasteiger partial charge in [-0.05, 0) is 36.6 Å². The first kappa shape index (κ1) is 17.0. The van der Waals surface area contributed by atoms with E-state index in [2.05, 4.69) is 10.6 Å². The molecule has 0 radical (unpaired) electrons. The van der Waals surface area contributed by atoms with Crippen molar-refractivity contribution >= 4 is 29.2 Å². The zero-order valence-electron chi connectivity index (χ0n) is 13.8. The molecule has 0 bridgehead atoms. The summed E-state index contributed by atoms with van der Waals surface area (Å²) < 4.78 is 0. The predicted octanol–water partition coefficient (Wildman–Crippen LogP) is 1.91. The van der Waals surface area contributed by atoms with E-state index in [0.29, 0.717) is 13.0 Å². The van der Waals surface area contributed by atoms with Gasteiger partial charge in [-0.25, -0.2) is 4.79 Å². The van der Waals surface area contributed by atoms with E-state index >= 15 is 0 Å². The highest BCUT2D eigenvalue weighted by Gasteiger charge is 2.55. The van der Waals surface area contributed by atoms with Crippen molar-refractivity contribution in [1.82, 2.24) is 15.5 Å². The maximum Gasteiger partial charge on any atom is 0.325 e. The Labute approximate surface area is 145 Å². The van der Waals surface area contributed by atoms with Gasteiger partial charge < -0.3 is 10.6 Å². The second-order valence-electron chi connectivity index (χ2n) is 6.62. The minimum Gasteiger partial charge on any atom is -0.354 e. The lowest BCUT2D eigenvalue weighted by molar-refractivity contribution is -0.137. The molecule has 1 saturated heterocycles. The van der Waals surface area contributed by atoms with Gasteiger partial charge in [-0.2, -0.15) is 0 Å². The van der Waals surface area contributed by atoms with Crippen LogP contribution in [-0.4, -0.2) is 41.4 Å². The summed E-state index contributed by atoms with van der Waals surface area (Å²) in [5.74, 6) is -0.432. The highest BCUT2D eigenvalue weighted by Crippen LogP contribution is 2.38. The van der Waals surface area contributed by atoms with Gasteiger partial charge in [0.15, 0.2) is 0 Å². The molecule has 2 N–H and O–H groups in total. The van der Waals surface area contributed by atoms with E-state index in [0.717, 1.165) is 30.6 Å². The average molecular weight is 349 g/mol. The first-order valence-electron chi connectivity index (χ1n) is 8.46. The standard InChI is InChI=1S/C17H23N3O3S/c1-12-5-2-3-8-17(12)15(22)20(16(23)19-17)11-14(21)18-9-7-13-6-4-10-24-13/h4,6,10,12H,2-3,5,7-9,11H2,1H3,(H,18,21)(H,19,23)/t12-,17-/m0/s1. The van der Waals surface area contributed by atoms with Gasteiger partial charge in [0.1, 0.15) is 12.1 Å². The Hall–Kier alpha value is -1.89. The molecule has 1 saturated carbocycles. The van der Waals surface area contributed by atoms with Crippen LogP contribution in [0.2, 0.25) is 0 Å². The zero-order chi connectivity index (χ0) is 17.2. The highest BCUT2D eigenvalue weighted by molar-refractivity contribution is 7.09. The molecule has 2 atom stereocenters. The molecule has 0 aromatic carbocycles. The Morgan fingerprint density at radius 2 is 2.29 bits per heavy atom. The number of hydrogen-bond acceptors (Lipinski definition) is 4. The summed E-state index contributed by atoms with van der Waals surface area (Å²) in [6.07, 6.45) is 4.35. The van der Waals surface area contributed by atoms with Crippen LogP contribution in [0.4, 0.5) is 4.79 Å². The molecule has 7 heteroatoms. The van der Waals surface area contributed by atoms with Gasteiger partial charge in [-0.1, -0.05) is 25.8 Å². The maximum atomic E-state index is 12.8. The minimum absolute atomic E-state index is 0.106. The van der Waals surface area contributed by atoms with Crippen molar-refractivity contribution in [2.24, 2.45) is 5.92 Å². The van der Waals surface area contributed by atoms with Crippen LogP contribution in [-0.2, 0) is 16.0 Å². The molecule has 3 rings (SSSR count). The van der Waals surface area contributed by atoms with E-state index < -0.39 is 11.6 Å². The number of imide groups is 1. The van der Waals surface area contributed by atoms with Gasteiger partial charge in [-0.15, -0.1) is 11.3 Å². The molecule has 4 amide bonds. The summed E-state index contributed by atoms with van der Waals surface area (Å²) in [4.78, 5) is 39.3. The van der Waals surface area contributed by atoms with Gasteiger partial charge in [0, 0.05) is 11.4 Å². The second kappa shape index (κ2) is 6.93. The summed E-state index contributed by atoms with van der Waals surface area (Å²) in [5, 5.41) is 7.64. The number of nitrogens with zero attached hydrogens (tertiary/aromatic N) is 1. The lowest BCUT2D eigenvalue weighted by Gasteiger charge is -2.36. The largest absolute Gasteiger partial charge is 0.354 e. The molecule has 2 heterocycles. The van der Waals surface area contributed by atoms with Crippen LogP contribution in [0.5, 0.6) is 0 Å². The number of nitrogens with one attached hydrogen (secondary N) is 2. The molecule has 6 nitrogen and oxygen atoms in total. The normalized spacial score (nSPS) is 26.7. The molecule has 2 aliphatic rings. The Morgan fingerprint density at radius 1 is 1.46 bits per heavy atom. The third kappa shape index (κ3) is 3.17. The number of carbonyl (C=O) groups excluding carboxylic acids is 3. The van der Waals surface area contributed by atoms with Gasteiger partial charge in [0.2, 0.25) is 5.91 Å². The maximum absolute atomic E-state index is 12.8. The van der Waals surface area contributed by atoms with Gasteiger partial charge in [0.05, 0.1) is 0 Å². The van der Waals surface area contributed by atoms with E-state index in [9.17, 15) is 14.4 Å². The third-order valence-electron chi connectivity index (χ3n) is 5.08. The minimum atomic E-state index is -0.799. The summed E-state index contributed by atoms with van der Waals surface area (Å²) in [6, 6.07) is 3.55. The van der Waals surface area contributed by atoms with E-state index in [1.165, 1.54) is 4.88 Å². The molecule has 0 unspecified atom stereocenters. The van der Waals surface area contributed by atoms with Crippen molar-refractivity contribution in [1.29, 1.82) is 0 Å². The number of amides is 4. The molecule has 1 aliphatic heterocycles. The number of urea groups is 1. The van der Waals surface area contributed by atoms with Crippen molar-refractivity contribution in [2.45, 2.75) is 44.6 Å². The second-order valence-corrected chi connectivity index (χ2v) is 7.65. The topological polar surface area (TPSA) is 78.5 Å². The number of carbonyl (C=O) groups is 3. The fourth-order valence-corrected chi connectivity index (χ4v) is 4.33. The first-order chi connectivity index (χ1) is 11.5. The van der Waals surface area contributed by atoms with Gasteiger partial charge in [0.25, 0.3) is 5.91 Å². The summed E-state index contributed by atoms with van der Waals surface area (Å²) in [5.41, 5.74) is -0.799. The molecule has 24 heavy (non-hydrogen) atoms. The number of rotatable bonds is 5. The van der Waals surface area contributed by atoms with Crippen LogP contribution in [0, 0.1) is 5.92 Å². The van der Waals surface area contributed by atoms with Crippen molar-refractivity contribution in [3.05, 3.63) is 22.4 Å². The predicted molar refractivity (Wildman–Crippen MR) is 91.6 cm³/mol. The van der Waals surface area contributed by atoms with Crippen LogP contribution in [0.25, 0.3) is 0 Å². The van der Waals surface area contributed by atoms with Gasteiger partial charge in [-0.3, -0.25) is 14.5 Å². The molecule has 1 aliphatic carbocycles. The van der Waals surface area contributed by atoms with Crippen LogP contribution in [0.3, 0.4) is 0 Å². The lowest BCUT2D eigenvalue weighted by atomic mass is 9.73. The Balaban J connectivity index is 1.55. The Kier molecular flexibility index (Phi) is 4.89.